The Hall–Kier alpha value is -1.21. The average Bonchev–Trinajstić information content (AvgIpc) is 3.09. The third-order valence-electron chi connectivity index (χ3n) is 2.77. The van der Waals surface area contributed by atoms with Crippen molar-refractivity contribution in [2.24, 2.45) is 0 Å². The van der Waals surface area contributed by atoms with E-state index in [-0.39, 0.29) is 5.56 Å². The highest BCUT2D eigenvalue weighted by Gasteiger charge is 2.12. The van der Waals surface area contributed by atoms with Crippen molar-refractivity contribution < 1.29 is 9.90 Å². The van der Waals surface area contributed by atoms with E-state index in [4.69, 9.17) is 16.7 Å². The fraction of sp³-hybridized carbons (Fsp3) is 0. The van der Waals surface area contributed by atoms with Gasteiger partial charge in [-0.15, -0.1) is 22.7 Å². The first-order chi connectivity index (χ1) is 10.0. The monoisotopic (exact) mass is 399 g/mol. The van der Waals surface area contributed by atoms with Crippen LogP contribution in [-0.2, 0) is 0 Å². The van der Waals surface area contributed by atoms with Crippen LogP contribution in [0.5, 0.6) is 0 Å². The lowest BCUT2D eigenvalue weighted by atomic mass is 10.2. The molecule has 106 valence electrons. The van der Waals surface area contributed by atoms with Crippen LogP contribution in [0, 0.1) is 0 Å². The Morgan fingerprint density at radius 3 is 2.71 bits per heavy atom. The van der Waals surface area contributed by atoms with Gasteiger partial charge in [0, 0.05) is 20.8 Å². The van der Waals surface area contributed by atoms with E-state index >= 15 is 0 Å². The number of rotatable bonds is 3. The molecule has 0 atom stereocenters. The Balaban J connectivity index is 1.95. The Bertz CT molecular complexity index is 828. The number of aromatic nitrogens is 1. The number of nitrogens with zero attached hydrogens (tertiary/aromatic N) is 1. The lowest BCUT2D eigenvalue weighted by Crippen LogP contribution is -1.91. The molecule has 2 aromatic heterocycles. The van der Waals surface area contributed by atoms with Gasteiger partial charge in [-0.25, -0.2) is 9.78 Å². The van der Waals surface area contributed by atoms with Gasteiger partial charge in [-0.2, -0.15) is 0 Å². The van der Waals surface area contributed by atoms with E-state index in [2.05, 4.69) is 20.9 Å². The van der Waals surface area contributed by atoms with Gasteiger partial charge in [-0.05, 0) is 34.1 Å². The molecular weight excluding hydrogens is 394 g/mol. The molecule has 0 unspecified atom stereocenters. The van der Waals surface area contributed by atoms with Crippen LogP contribution in [0.15, 0.2) is 39.5 Å². The predicted molar refractivity (Wildman–Crippen MR) is 90.5 cm³/mol. The summed E-state index contributed by atoms with van der Waals surface area (Å²) in [6.45, 7) is 0. The minimum Gasteiger partial charge on any atom is -0.478 e. The molecule has 3 nitrogen and oxygen atoms in total. The fourth-order valence-corrected chi connectivity index (χ4v) is 3.89. The van der Waals surface area contributed by atoms with E-state index in [1.807, 2.05) is 23.6 Å². The van der Waals surface area contributed by atoms with Crippen LogP contribution in [0.2, 0.25) is 5.02 Å². The van der Waals surface area contributed by atoms with Crippen molar-refractivity contribution in [1.29, 1.82) is 0 Å². The number of benzene rings is 1. The highest BCUT2D eigenvalue weighted by Crippen LogP contribution is 2.34. The fourth-order valence-electron chi connectivity index (χ4n) is 1.73. The molecule has 0 saturated carbocycles. The summed E-state index contributed by atoms with van der Waals surface area (Å²) in [5.74, 6) is -0.923. The zero-order valence-electron chi connectivity index (χ0n) is 10.3. The second kappa shape index (κ2) is 5.88. The summed E-state index contributed by atoms with van der Waals surface area (Å²) in [6, 6.07) is 7.31. The standard InChI is InChI=1S/C14H7BrClNO2S2/c15-9-2-1-7(3-10(9)16)13-17-11(6-21-13)12-4-8(5-20-12)14(18)19/h1-6H,(H,18,19). The molecule has 3 aromatic rings. The van der Waals surface area contributed by atoms with E-state index in [0.717, 1.165) is 25.6 Å². The zero-order valence-corrected chi connectivity index (χ0v) is 14.3. The first-order valence-corrected chi connectivity index (χ1v) is 8.71. The quantitative estimate of drug-likeness (QED) is 0.618. The highest BCUT2D eigenvalue weighted by molar-refractivity contribution is 9.10. The Kier molecular flexibility index (Phi) is 4.12. The summed E-state index contributed by atoms with van der Waals surface area (Å²) in [5, 5.41) is 14.0. The molecule has 0 fully saturated rings. The second-order valence-electron chi connectivity index (χ2n) is 4.17. The molecular formula is C14H7BrClNO2S2. The highest BCUT2D eigenvalue weighted by atomic mass is 79.9. The van der Waals surface area contributed by atoms with E-state index in [1.54, 1.807) is 11.4 Å². The number of carboxylic acids is 1. The summed E-state index contributed by atoms with van der Waals surface area (Å²) in [7, 11) is 0. The number of carboxylic acid groups (broad SMARTS) is 1. The number of halogens is 2. The molecule has 7 heteroatoms. The molecule has 0 saturated heterocycles. The van der Waals surface area contributed by atoms with E-state index < -0.39 is 5.97 Å². The van der Waals surface area contributed by atoms with Crippen molar-refractivity contribution in [3.63, 3.8) is 0 Å². The van der Waals surface area contributed by atoms with Crippen molar-refractivity contribution in [2.75, 3.05) is 0 Å². The maximum atomic E-state index is 10.9. The predicted octanol–water partition coefficient (Wildman–Crippen LogP) is 5.65. The van der Waals surface area contributed by atoms with Gasteiger partial charge in [0.2, 0.25) is 0 Å². The maximum absolute atomic E-state index is 10.9. The maximum Gasteiger partial charge on any atom is 0.336 e. The van der Waals surface area contributed by atoms with Crippen LogP contribution in [0.3, 0.4) is 0 Å². The van der Waals surface area contributed by atoms with Crippen molar-refractivity contribution in [1.82, 2.24) is 4.98 Å². The third-order valence-corrected chi connectivity index (χ3v) is 5.85. The molecule has 0 spiro atoms. The normalized spacial score (nSPS) is 10.8. The third kappa shape index (κ3) is 3.03. The zero-order chi connectivity index (χ0) is 15.0. The Morgan fingerprint density at radius 2 is 2.05 bits per heavy atom. The summed E-state index contributed by atoms with van der Waals surface area (Å²) in [6.07, 6.45) is 0. The molecule has 0 aliphatic carbocycles. The van der Waals surface area contributed by atoms with Gasteiger partial charge in [-0.3, -0.25) is 0 Å². The van der Waals surface area contributed by atoms with Gasteiger partial charge < -0.3 is 5.11 Å². The molecule has 1 aromatic carbocycles. The van der Waals surface area contributed by atoms with Crippen molar-refractivity contribution in [3.8, 4) is 21.1 Å². The van der Waals surface area contributed by atoms with Crippen LogP contribution in [0.1, 0.15) is 10.4 Å². The smallest absolute Gasteiger partial charge is 0.336 e. The molecule has 0 amide bonds. The van der Waals surface area contributed by atoms with Gasteiger partial charge >= 0.3 is 5.97 Å². The first-order valence-electron chi connectivity index (χ1n) is 5.78. The molecule has 0 aliphatic heterocycles. The molecule has 0 aliphatic rings. The van der Waals surface area contributed by atoms with Crippen molar-refractivity contribution in [2.45, 2.75) is 0 Å². The first kappa shape index (κ1) is 14.7. The van der Waals surface area contributed by atoms with E-state index in [0.29, 0.717) is 5.02 Å². The van der Waals surface area contributed by atoms with Crippen LogP contribution >= 0.6 is 50.2 Å². The van der Waals surface area contributed by atoms with Crippen molar-refractivity contribution in [3.05, 3.63) is 50.1 Å². The molecule has 0 bridgehead atoms. The number of hydrogen-bond acceptors (Lipinski definition) is 4. The lowest BCUT2D eigenvalue weighted by Gasteiger charge is -1.99. The summed E-state index contributed by atoms with van der Waals surface area (Å²) in [4.78, 5) is 16.3. The minimum atomic E-state index is -0.923. The van der Waals surface area contributed by atoms with Gasteiger partial charge in [-0.1, -0.05) is 17.7 Å². The molecule has 21 heavy (non-hydrogen) atoms. The van der Waals surface area contributed by atoms with Gasteiger partial charge in [0.25, 0.3) is 0 Å². The van der Waals surface area contributed by atoms with Crippen LogP contribution in [0.4, 0.5) is 0 Å². The average molecular weight is 401 g/mol. The van der Waals surface area contributed by atoms with Crippen LogP contribution in [-0.4, -0.2) is 16.1 Å². The number of carbonyl (C=O) groups is 1. The number of aromatic carboxylic acids is 1. The van der Waals surface area contributed by atoms with E-state index in [9.17, 15) is 4.79 Å². The molecule has 3 rings (SSSR count). The summed E-state index contributed by atoms with van der Waals surface area (Å²) >= 11 is 12.3. The largest absolute Gasteiger partial charge is 0.478 e. The summed E-state index contributed by atoms with van der Waals surface area (Å²) in [5.41, 5.74) is 2.01. The number of thiazole rings is 1. The topological polar surface area (TPSA) is 50.2 Å². The van der Waals surface area contributed by atoms with Gasteiger partial charge in [0.15, 0.2) is 0 Å². The number of thiophene rings is 1. The number of hydrogen-bond donors (Lipinski definition) is 1. The lowest BCUT2D eigenvalue weighted by molar-refractivity contribution is 0.0697. The minimum absolute atomic E-state index is 0.288. The van der Waals surface area contributed by atoms with E-state index in [1.165, 1.54) is 22.7 Å². The van der Waals surface area contributed by atoms with Crippen LogP contribution in [0.25, 0.3) is 21.1 Å². The Morgan fingerprint density at radius 1 is 1.24 bits per heavy atom. The second-order valence-corrected chi connectivity index (χ2v) is 7.20. The molecule has 2 heterocycles. The molecule has 0 radical (unpaired) electrons. The summed E-state index contributed by atoms with van der Waals surface area (Å²) < 4.78 is 0.842. The van der Waals surface area contributed by atoms with Gasteiger partial charge in [0.05, 0.1) is 21.2 Å². The van der Waals surface area contributed by atoms with Crippen molar-refractivity contribution >= 4 is 56.2 Å². The Labute approximate surface area is 142 Å². The van der Waals surface area contributed by atoms with Crippen LogP contribution < -0.4 is 0 Å². The SMILES string of the molecule is O=C(O)c1csc(-c2csc(-c3ccc(Br)c(Cl)c3)n2)c1. The van der Waals surface area contributed by atoms with Gasteiger partial charge in [0.1, 0.15) is 5.01 Å². The molecule has 1 N–H and O–H groups in total.